The largest absolute Gasteiger partial charge is 0.497 e. The summed E-state index contributed by atoms with van der Waals surface area (Å²) in [5.41, 5.74) is 3.71. The fraction of sp³-hybridized carbons (Fsp3) is 0.323. The molecule has 41 heavy (non-hydrogen) atoms. The molecular formula is C31H33F3N6O. The van der Waals surface area contributed by atoms with E-state index in [1.54, 1.807) is 17.9 Å². The van der Waals surface area contributed by atoms with E-state index in [0.29, 0.717) is 24.5 Å². The second-order valence-electron chi connectivity index (χ2n) is 10.2. The maximum Gasteiger partial charge on any atom is 0.416 e. The maximum absolute atomic E-state index is 13.7. The zero-order valence-electron chi connectivity index (χ0n) is 23.3. The third kappa shape index (κ3) is 6.49. The highest BCUT2D eigenvalue weighted by Gasteiger charge is 2.35. The molecule has 1 saturated heterocycles. The van der Waals surface area contributed by atoms with E-state index in [4.69, 9.17) is 4.74 Å². The van der Waals surface area contributed by atoms with Gasteiger partial charge >= 0.3 is 6.18 Å². The monoisotopic (exact) mass is 562 g/mol. The molecule has 0 bridgehead atoms. The molecule has 3 aromatic carbocycles. The first-order valence-electron chi connectivity index (χ1n) is 13.5. The number of hydrogen-bond acceptors (Lipinski definition) is 6. The first kappa shape index (κ1) is 28.5. The second-order valence-corrected chi connectivity index (χ2v) is 10.2. The summed E-state index contributed by atoms with van der Waals surface area (Å²) in [6.45, 7) is 7.54. The Balaban J connectivity index is 1.40. The lowest BCUT2D eigenvalue weighted by molar-refractivity contribution is -0.137. The quantitative estimate of drug-likeness (QED) is 0.274. The van der Waals surface area contributed by atoms with Crippen molar-refractivity contribution in [2.45, 2.75) is 26.1 Å². The predicted molar refractivity (Wildman–Crippen MR) is 152 cm³/mol. The Bertz CT molecular complexity index is 1470. The minimum absolute atomic E-state index is 0.495. The third-order valence-corrected chi connectivity index (χ3v) is 7.48. The van der Waals surface area contributed by atoms with Crippen LogP contribution in [0.1, 0.15) is 39.7 Å². The molecule has 1 aliphatic heterocycles. The predicted octanol–water partition coefficient (Wildman–Crippen LogP) is 5.73. The number of alkyl halides is 3. The third-order valence-electron chi connectivity index (χ3n) is 7.48. The molecule has 0 saturated carbocycles. The molecule has 0 N–H and O–H groups in total. The molecule has 214 valence electrons. The minimum Gasteiger partial charge on any atom is -0.497 e. The van der Waals surface area contributed by atoms with Crippen molar-refractivity contribution in [3.63, 3.8) is 0 Å². The molecule has 1 fully saturated rings. The van der Waals surface area contributed by atoms with Gasteiger partial charge in [-0.3, -0.25) is 9.80 Å². The van der Waals surface area contributed by atoms with Crippen LogP contribution in [-0.2, 0) is 6.18 Å². The van der Waals surface area contributed by atoms with Crippen molar-refractivity contribution in [3.8, 4) is 11.4 Å². The molecular weight excluding hydrogens is 529 g/mol. The lowest BCUT2D eigenvalue weighted by Gasteiger charge is -2.38. The number of aryl methyl sites for hydroxylation is 2. The Hall–Kier alpha value is -4.02. The Morgan fingerprint density at radius 2 is 1.61 bits per heavy atom. The number of methoxy groups -OCH3 is 1. The van der Waals surface area contributed by atoms with Gasteiger partial charge in [0.1, 0.15) is 5.75 Å². The van der Waals surface area contributed by atoms with Crippen molar-refractivity contribution >= 4 is 6.08 Å². The number of para-hydroxylation sites is 1. The Morgan fingerprint density at radius 3 is 2.27 bits per heavy atom. The average molecular weight is 563 g/mol. The smallest absolute Gasteiger partial charge is 0.416 e. The van der Waals surface area contributed by atoms with Gasteiger partial charge in [-0.15, -0.1) is 5.10 Å². The van der Waals surface area contributed by atoms with Gasteiger partial charge in [-0.2, -0.15) is 17.9 Å². The zero-order chi connectivity index (χ0) is 29.0. The summed E-state index contributed by atoms with van der Waals surface area (Å²) in [4.78, 5) is 4.50. The molecule has 1 aliphatic rings. The SMILES string of the molecule is COc1ccc(C=CCN2CCN(C(c3cccc(C(F)(F)F)c3)c3nnnn3-c3c(C)cccc3C)CC2)cc1. The van der Waals surface area contributed by atoms with Crippen LogP contribution in [0.15, 0.2) is 72.8 Å². The van der Waals surface area contributed by atoms with Crippen molar-refractivity contribution in [2.75, 3.05) is 39.8 Å². The summed E-state index contributed by atoms with van der Waals surface area (Å²) in [6.07, 6.45) is -0.243. The van der Waals surface area contributed by atoms with E-state index in [2.05, 4.69) is 37.5 Å². The van der Waals surface area contributed by atoms with Crippen molar-refractivity contribution in [1.29, 1.82) is 0 Å². The topological polar surface area (TPSA) is 59.3 Å². The van der Waals surface area contributed by atoms with E-state index in [9.17, 15) is 13.2 Å². The second kappa shape index (κ2) is 12.2. The molecule has 10 heteroatoms. The summed E-state index contributed by atoms with van der Waals surface area (Å²) < 4.78 is 48.1. The van der Waals surface area contributed by atoms with E-state index in [1.807, 2.05) is 56.3 Å². The van der Waals surface area contributed by atoms with Gasteiger partial charge in [0.2, 0.25) is 0 Å². The van der Waals surface area contributed by atoms with Gasteiger partial charge in [-0.1, -0.05) is 54.6 Å². The average Bonchev–Trinajstić information content (AvgIpc) is 3.43. The molecule has 0 spiro atoms. The molecule has 1 unspecified atom stereocenters. The normalized spacial score (nSPS) is 15.9. The molecule has 0 aliphatic carbocycles. The molecule has 0 amide bonds. The van der Waals surface area contributed by atoms with Crippen LogP contribution in [0.4, 0.5) is 13.2 Å². The van der Waals surface area contributed by atoms with E-state index in [0.717, 1.165) is 53.8 Å². The summed E-state index contributed by atoms with van der Waals surface area (Å²) in [5, 5.41) is 12.6. The van der Waals surface area contributed by atoms with Crippen molar-refractivity contribution in [3.05, 3.63) is 106 Å². The molecule has 2 heterocycles. The highest BCUT2D eigenvalue weighted by atomic mass is 19.4. The summed E-state index contributed by atoms with van der Waals surface area (Å²) in [6, 6.07) is 18.7. The first-order valence-corrected chi connectivity index (χ1v) is 13.5. The lowest BCUT2D eigenvalue weighted by atomic mass is 10.00. The molecule has 1 aromatic heterocycles. The van der Waals surface area contributed by atoms with Gasteiger partial charge in [-0.25, -0.2) is 0 Å². The van der Waals surface area contributed by atoms with Crippen LogP contribution >= 0.6 is 0 Å². The number of benzene rings is 3. The van der Waals surface area contributed by atoms with Crippen molar-refractivity contribution < 1.29 is 17.9 Å². The fourth-order valence-corrected chi connectivity index (χ4v) is 5.33. The van der Waals surface area contributed by atoms with Crippen LogP contribution in [-0.4, -0.2) is 69.8 Å². The number of tetrazole rings is 1. The Kier molecular flexibility index (Phi) is 8.51. The van der Waals surface area contributed by atoms with Gasteiger partial charge < -0.3 is 4.74 Å². The van der Waals surface area contributed by atoms with Crippen molar-refractivity contribution in [1.82, 2.24) is 30.0 Å². The number of hydrogen-bond donors (Lipinski definition) is 0. The minimum atomic E-state index is -4.45. The zero-order valence-corrected chi connectivity index (χ0v) is 23.3. The number of ether oxygens (including phenoxy) is 1. The van der Waals surface area contributed by atoms with E-state index in [1.165, 1.54) is 12.1 Å². The maximum atomic E-state index is 13.7. The van der Waals surface area contributed by atoms with E-state index < -0.39 is 17.8 Å². The van der Waals surface area contributed by atoms with Crippen LogP contribution in [0, 0.1) is 13.8 Å². The highest BCUT2D eigenvalue weighted by molar-refractivity contribution is 5.51. The Morgan fingerprint density at radius 1 is 0.927 bits per heavy atom. The molecule has 1 atom stereocenters. The Labute approximate surface area is 237 Å². The summed E-state index contributed by atoms with van der Waals surface area (Å²) >= 11 is 0. The molecule has 4 aromatic rings. The first-order chi connectivity index (χ1) is 19.7. The van der Waals surface area contributed by atoms with Gasteiger partial charge in [0.15, 0.2) is 5.82 Å². The van der Waals surface area contributed by atoms with Crippen LogP contribution in [0.25, 0.3) is 11.8 Å². The standard InChI is InChI=1S/C31H33F3N6O/c1-22-7-4-8-23(2)28(22)40-30(35-36-37-40)29(25-10-5-11-26(21-25)31(32,33)34)39-19-17-38(18-20-39)16-6-9-24-12-14-27(41-3)15-13-24/h4-15,21,29H,16-20H2,1-3H3. The van der Waals surface area contributed by atoms with Gasteiger partial charge in [0.25, 0.3) is 0 Å². The molecule has 0 radical (unpaired) electrons. The van der Waals surface area contributed by atoms with Crippen LogP contribution < -0.4 is 4.74 Å². The molecule has 7 nitrogen and oxygen atoms in total. The lowest BCUT2D eigenvalue weighted by Crippen LogP contribution is -2.48. The summed E-state index contributed by atoms with van der Waals surface area (Å²) in [5.74, 6) is 1.31. The number of piperazine rings is 1. The van der Waals surface area contributed by atoms with E-state index >= 15 is 0 Å². The number of aromatic nitrogens is 4. The van der Waals surface area contributed by atoms with E-state index in [-0.39, 0.29) is 0 Å². The number of rotatable bonds is 8. The highest BCUT2D eigenvalue weighted by Crippen LogP contribution is 2.35. The van der Waals surface area contributed by atoms with Crippen molar-refractivity contribution in [2.24, 2.45) is 0 Å². The van der Waals surface area contributed by atoms with Crippen LogP contribution in [0.5, 0.6) is 5.75 Å². The number of halogens is 3. The van der Waals surface area contributed by atoms with Crippen LogP contribution in [0.2, 0.25) is 0 Å². The van der Waals surface area contributed by atoms with Gasteiger partial charge in [-0.05, 0) is 70.8 Å². The number of nitrogens with zero attached hydrogens (tertiary/aromatic N) is 6. The fourth-order valence-electron chi connectivity index (χ4n) is 5.33. The van der Waals surface area contributed by atoms with Crippen LogP contribution in [0.3, 0.4) is 0 Å². The summed E-state index contributed by atoms with van der Waals surface area (Å²) in [7, 11) is 1.65. The van der Waals surface area contributed by atoms with Gasteiger partial charge in [0.05, 0.1) is 24.4 Å². The molecule has 5 rings (SSSR count). The van der Waals surface area contributed by atoms with Gasteiger partial charge in [0, 0.05) is 32.7 Å².